The van der Waals surface area contributed by atoms with Crippen molar-refractivity contribution in [2.45, 2.75) is 51.7 Å². The molecule has 0 bridgehead atoms. The van der Waals surface area contributed by atoms with Gasteiger partial charge in [0.1, 0.15) is 11.5 Å². The van der Waals surface area contributed by atoms with E-state index in [1.807, 2.05) is 25.1 Å². The molecule has 3 aromatic heterocycles. The lowest BCUT2D eigenvalue weighted by atomic mass is 9.96. The first-order chi connectivity index (χ1) is 15.4. The Morgan fingerprint density at radius 2 is 2.09 bits per heavy atom. The highest BCUT2D eigenvalue weighted by Crippen LogP contribution is 2.33. The topological polar surface area (TPSA) is 75.7 Å². The lowest BCUT2D eigenvalue weighted by Crippen LogP contribution is -2.46. The van der Waals surface area contributed by atoms with E-state index in [0.29, 0.717) is 37.1 Å². The fraction of sp³-hybridized carbons (Fsp3) is 0.478. The Kier molecular flexibility index (Phi) is 4.98. The summed E-state index contributed by atoms with van der Waals surface area (Å²) in [5.41, 5.74) is 1.51. The molecule has 32 heavy (non-hydrogen) atoms. The minimum atomic E-state index is -1.34. The monoisotopic (exact) mass is 438 g/mol. The van der Waals surface area contributed by atoms with Crippen LogP contribution in [0.3, 0.4) is 0 Å². The van der Waals surface area contributed by atoms with Crippen LogP contribution in [0.2, 0.25) is 0 Å². The second kappa shape index (κ2) is 7.72. The fourth-order valence-electron chi connectivity index (χ4n) is 4.76. The van der Waals surface area contributed by atoms with Gasteiger partial charge in [-0.1, -0.05) is 0 Å². The smallest absolute Gasteiger partial charge is 0.335 e. The maximum Gasteiger partial charge on any atom is 0.350 e. The van der Waals surface area contributed by atoms with Gasteiger partial charge in [-0.3, -0.25) is 9.20 Å². The number of pyridine rings is 2. The number of aryl methyl sites for hydroxylation is 2. The number of halogens is 1. The molecule has 1 saturated heterocycles. The van der Waals surface area contributed by atoms with E-state index < -0.39 is 5.67 Å². The predicted octanol–water partition coefficient (Wildman–Crippen LogP) is 2.96. The second-order valence-corrected chi connectivity index (χ2v) is 8.92. The Hall–Kier alpha value is -3.23. The Morgan fingerprint density at radius 3 is 2.88 bits per heavy atom. The van der Waals surface area contributed by atoms with Crippen molar-refractivity contribution >= 4 is 23.1 Å². The number of carbonyl (C=O) groups is 1. The van der Waals surface area contributed by atoms with Crippen LogP contribution in [0.25, 0.3) is 5.65 Å². The van der Waals surface area contributed by atoms with Gasteiger partial charge in [-0.2, -0.15) is 0 Å². The molecule has 1 unspecified atom stereocenters. The van der Waals surface area contributed by atoms with Gasteiger partial charge in [-0.05, 0) is 57.2 Å². The van der Waals surface area contributed by atoms with Crippen LogP contribution >= 0.6 is 0 Å². The van der Waals surface area contributed by atoms with Crippen LogP contribution in [0, 0.1) is 0 Å². The van der Waals surface area contributed by atoms with Crippen LogP contribution in [-0.4, -0.2) is 55.3 Å². The first-order valence-electron chi connectivity index (χ1n) is 11.2. The lowest BCUT2D eigenvalue weighted by molar-refractivity contribution is 0.0417. The largest absolute Gasteiger partial charge is 0.350 e. The van der Waals surface area contributed by atoms with Gasteiger partial charge in [0.25, 0.3) is 5.91 Å². The molecule has 168 valence electrons. The molecule has 5 heterocycles. The van der Waals surface area contributed by atoms with Crippen LogP contribution in [0.1, 0.15) is 49.0 Å². The Bertz CT molecular complexity index is 1250. The van der Waals surface area contributed by atoms with Gasteiger partial charge in [0, 0.05) is 43.8 Å². The number of aromatic nitrogens is 4. The summed E-state index contributed by atoms with van der Waals surface area (Å²) in [6.07, 6.45) is 6.24. The molecule has 0 radical (unpaired) electrons. The first kappa shape index (κ1) is 20.7. The highest BCUT2D eigenvalue weighted by molar-refractivity contribution is 5.94. The van der Waals surface area contributed by atoms with E-state index in [2.05, 4.69) is 15.0 Å². The lowest BCUT2D eigenvalue weighted by Gasteiger charge is -2.35. The fourth-order valence-corrected chi connectivity index (χ4v) is 4.76. The van der Waals surface area contributed by atoms with Crippen molar-refractivity contribution < 1.29 is 9.18 Å². The molecular weight excluding hydrogens is 411 g/mol. The van der Waals surface area contributed by atoms with Crippen molar-refractivity contribution in [1.82, 2.24) is 24.1 Å². The number of anilines is 2. The van der Waals surface area contributed by atoms with E-state index >= 15 is 0 Å². The standard InChI is InChI=1S/C23H27FN6O2/c1-3-30-22(32)29-11-7-18(13-19(29)26-30)28-10-4-6-16-12-17(14-25-20(16)28)21(31)27-9-5-8-23(2,24)15-27/h7,11-14H,3-6,8-10,15H2,1-2H3. The van der Waals surface area contributed by atoms with Crippen LogP contribution < -0.4 is 10.6 Å². The third-order valence-corrected chi connectivity index (χ3v) is 6.39. The van der Waals surface area contributed by atoms with Gasteiger partial charge < -0.3 is 9.80 Å². The summed E-state index contributed by atoms with van der Waals surface area (Å²) in [4.78, 5) is 33.6. The van der Waals surface area contributed by atoms with Gasteiger partial charge in [-0.25, -0.2) is 18.9 Å². The molecule has 2 aliphatic rings. The molecule has 5 rings (SSSR count). The summed E-state index contributed by atoms with van der Waals surface area (Å²) >= 11 is 0. The minimum absolute atomic E-state index is 0.124. The van der Waals surface area contributed by atoms with Crippen molar-refractivity contribution in [2.75, 3.05) is 24.5 Å². The van der Waals surface area contributed by atoms with E-state index in [1.165, 1.54) is 9.08 Å². The van der Waals surface area contributed by atoms with Crippen molar-refractivity contribution in [3.63, 3.8) is 0 Å². The zero-order valence-corrected chi connectivity index (χ0v) is 18.4. The normalized spacial score (nSPS) is 21.1. The summed E-state index contributed by atoms with van der Waals surface area (Å²) in [7, 11) is 0. The van der Waals surface area contributed by atoms with Crippen LogP contribution in [0.4, 0.5) is 15.9 Å². The maximum atomic E-state index is 14.4. The number of fused-ring (bicyclic) bond motifs is 2. The quantitative estimate of drug-likeness (QED) is 0.629. The second-order valence-electron chi connectivity index (χ2n) is 8.92. The summed E-state index contributed by atoms with van der Waals surface area (Å²) in [5, 5.41) is 4.38. The molecule has 2 aliphatic heterocycles. The third-order valence-electron chi connectivity index (χ3n) is 6.39. The SMILES string of the molecule is CCn1nc2cc(N3CCCc4cc(C(=O)N5CCCC(C)(F)C5)cnc43)ccn2c1=O. The number of carbonyl (C=O) groups excluding carboxylic acids is 1. The predicted molar refractivity (Wildman–Crippen MR) is 119 cm³/mol. The maximum absolute atomic E-state index is 14.4. The molecule has 1 atom stereocenters. The summed E-state index contributed by atoms with van der Waals surface area (Å²) in [6, 6.07) is 5.68. The van der Waals surface area contributed by atoms with Gasteiger partial charge in [0.2, 0.25) is 0 Å². The summed E-state index contributed by atoms with van der Waals surface area (Å²) < 4.78 is 17.4. The van der Waals surface area contributed by atoms with Crippen molar-refractivity contribution in [3.05, 3.63) is 52.2 Å². The Labute approximate surface area is 185 Å². The van der Waals surface area contributed by atoms with Crippen LogP contribution in [-0.2, 0) is 13.0 Å². The molecule has 9 heteroatoms. The number of rotatable bonds is 3. The third kappa shape index (κ3) is 3.55. The number of hydrogen-bond acceptors (Lipinski definition) is 5. The van der Waals surface area contributed by atoms with Crippen LogP contribution in [0.5, 0.6) is 0 Å². The molecular formula is C23H27FN6O2. The molecule has 0 N–H and O–H groups in total. The van der Waals surface area contributed by atoms with E-state index in [9.17, 15) is 14.0 Å². The molecule has 8 nitrogen and oxygen atoms in total. The van der Waals surface area contributed by atoms with Crippen molar-refractivity contribution in [2.24, 2.45) is 0 Å². The molecule has 0 spiro atoms. The first-order valence-corrected chi connectivity index (χ1v) is 11.2. The van der Waals surface area contributed by atoms with Gasteiger partial charge >= 0.3 is 5.69 Å². The van der Waals surface area contributed by atoms with E-state index in [4.69, 9.17) is 0 Å². The highest BCUT2D eigenvalue weighted by Gasteiger charge is 2.33. The zero-order chi connectivity index (χ0) is 22.5. The molecule has 1 amide bonds. The van der Waals surface area contributed by atoms with Gasteiger partial charge in [0.15, 0.2) is 5.65 Å². The van der Waals surface area contributed by atoms with Gasteiger partial charge in [-0.15, -0.1) is 5.10 Å². The minimum Gasteiger partial charge on any atom is -0.335 e. The van der Waals surface area contributed by atoms with E-state index in [1.54, 1.807) is 24.2 Å². The average Bonchev–Trinajstić information content (AvgIpc) is 3.12. The Balaban J connectivity index is 1.45. The summed E-state index contributed by atoms with van der Waals surface area (Å²) in [5.74, 6) is 0.648. The molecule has 3 aromatic rings. The Morgan fingerprint density at radius 1 is 1.25 bits per heavy atom. The number of alkyl halides is 1. The molecule has 0 aromatic carbocycles. The van der Waals surface area contributed by atoms with Gasteiger partial charge in [0.05, 0.1) is 12.1 Å². The zero-order valence-electron chi connectivity index (χ0n) is 18.4. The van der Waals surface area contributed by atoms with Crippen molar-refractivity contribution in [1.29, 1.82) is 0 Å². The number of hydrogen-bond donors (Lipinski definition) is 0. The molecule has 1 fully saturated rings. The van der Waals surface area contributed by atoms with Crippen molar-refractivity contribution in [3.8, 4) is 0 Å². The number of amides is 1. The highest BCUT2D eigenvalue weighted by atomic mass is 19.1. The number of nitrogens with zero attached hydrogens (tertiary/aromatic N) is 6. The molecule has 0 saturated carbocycles. The number of piperidine rings is 1. The van der Waals surface area contributed by atoms with Crippen LogP contribution in [0.15, 0.2) is 35.4 Å². The average molecular weight is 439 g/mol. The van der Waals surface area contributed by atoms with E-state index in [-0.39, 0.29) is 18.1 Å². The molecule has 0 aliphatic carbocycles. The number of likely N-dealkylation sites (tertiary alicyclic amines) is 1. The summed E-state index contributed by atoms with van der Waals surface area (Å²) in [6.45, 7) is 5.44. The van der Waals surface area contributed by atoms with E-state index in [0.717, 1.165) is 36.5 Å².